The molecular formula is C17H32N2O2. The van der Waals surface area contributed by atoms with Crippen molar-refractivity contribution < 1.29 is 9.90 Å². The molecule has 4 nitrogen and oxygen atoms in total. The van der Waals surface area contributed by atoms with Gasteiger partial charge in [0.2, 0.25) is 5.91 Å². The molecule has 4 heteroatoms. The summed E-state index contributed by atoms with van der Waals surface area (Å²) in [5.41, 5.74) is 0.167. The number of hydrogen-bond acceptors (Lipinski definition) is 3. The van der Waals surface area contributed by atoms with Gasteiger partial charge in [0.15, 0.2) is 0 Å². The van der Waals surface area contributed by atoms with Crippen LogP contribution in [0.1, 0.15) is 58.3 Å². The van der Waals surface area contributed by atoms with Crippen molar-refractivity contribution in [3.05, 3.63) is 0 Å². The minimum absolute atomic E-state index is 0.167. The molecule has 0 aromatic carbocycles. The molecule has 1 aliphatic carbocycles. The Morgan fingerprint density at radius 3 is 2.76 bits per heavy atom. The Morgan fingerprint density at radius 2 is 2.14 bits per heavy atom. The predicted molar refractivity (Wildman–Crippen MR) is 85.0 cm³/mol. The number of piperidine rings is 1. The van der Waals surface area contributed by atoms with Gasteiger partial charge in [-0.2, -0.15) is 0 Å². The Bertz CT molecular complexity index is 321. The van der Waals surface area contributed by atoms with Crippen LogP contribution in [0.15, 0.2) is 0 Å². The number of aliphatic hydroxyl groups excluding tert-OH is 1. The van der Waals surface area contributed by atoms with E-state index in [-0.39, 0.29) is 17.9 Å². The summed E-state index contributed by atoms with van der Waals surface area (Å²) < 4.78 is 0. The maximum Gasteiger partial charge on any atom is 0.220 e. The van der Waals surface area contributed by atoms with Gasteiger partial charge in [0.1, 0.15) is 0 Å². The molecule has 1 saturated carbocycles. The molecule has 2 fully saturated rings. The van der Waals surface area contributed by atoms with E-state index in [4.69, 9.17) is 0 Å². The van der Waals surface area contributed by atoms with Crippen LogP contribution in [0.25, 0.3) is 0 Å². The first-order valence-corrected chi connectivity index (χ1v) is 8.73. The number of carbonyl (C=O) groups excluding carboxylic acids is 1. The molecule has 0 spiro atoms. The highest BCUT2D eigenvalue weighted by Gasteiger charge is 2.33. The van der Waals surface area contributed by atoms with E-state index < -0.39 is 0 Å². The van der Waals surface area contributed by atoms with E-state index in [0.29, 0.717) is 18.3 Å². The van der Waals surface area contributed by atoms with Crippen molar-refractivity contribution in [1.29, 1.82) is 0 Å². The van der Waals surface area contributed by atoms with Crippen LogP contribution >= 0.6 is 0 Å². The maximum absolute atomic E-state index is 12.2. The summed E-state index contributed by atoms with van der Waals surface area (Å²) in [6.45, 7) is 5.38. The molecule has 1 aliphatic heterocycles. The highest BCUT2D eigenvalue weighted by atomic mass is 16.3. The molecule has 2 aliphatic rings. The van der Waals surface area contributed by atoms with E-state index in [1.54, 1.807) is 0 Å². The molecule has 2 atom stereocenters. The van der Waals surface area contributed by atoms with Crippen LogP contribution in [0.5, 0.6) is 0 Å². The highest BCUT2D eigenvalue weighted by Crippen LogP contribution is 2.40. The van der Waals surface area contributed by atoms with E-state index in [9.17, 15) is 9.90 Å². The van der Waals surface area contributed by atoms with Crippen molar-refractivity contribution in [2.75, 3.05) is 26.2 Å². The molecule has 2 unspecified atom stereocenters. The molecule has 3 N–H and O–H groups in total. The lowest BCUT2D eigenvalue weighted by Crippen LogP contribution is -2.39. The monoisotopic (exact) mass is 296 g/mol. The van der Waals surface area contributed by atoms with Gasteiger partial charge in [0, 0.05) is 19.6 Å². The third-order valence-corrected chi connectivity index (χ3v) is 5.61. The summed E-state index contributed by atoms with van der Waals surface area (Å²) in [6.07, 6.45) is 8.72. The minimum atomic E-state index is 0.167. The van der Waals surface area contributed by atoms with Crippen LogP contribution in [0.3, 0.4) is 0 Å². The molecule has 1 amide bonds. The van der Waals surface area contributed by atoms with Crippen molar-refractivity contribution in [3.8, 4) is 0 Å². The van der Waals surface area contributed by atoms with Gasteiger partial charge in [0.25, 0.3) is 0 Å². The average Bonchev–Trinajstić information content (AvgIpc) is 2.95. The molecule has 21 heavy (non-hydrogen) atoms. The number of hydrogen-bond donors (Lipinski definition) is 3. The minimum Gasteiger partial charge on any atom is -0.396 e. The zero-order valence-electron chi connectivity index (χ0n) is 13.5. The molecule has 1 saturated heterocycles. The van der Waals surface area contributed by atoms with Gasteiger partial charge in [-0.3, -0.25) is 4.79 Å². The van der Waals surface area contributed by atoms with Gasteiger partial charge in [-0.15, -0.1) is 0 Å². The summed E-state index contributed by atoms with van der Waals surface area (Å²) in [5.74, 6) is 1.29. The van der Waals surface area contributed by atoms with Crippen molar-refractivity contribution in [1.82, 2.24) is 10.6 Å². The van der Waals surface area contributed by atoms with Gasteiger partial charge in [-0.25, -0.2) is 0 Å². The fourth-order valence-electron chi connectivity index (χ4n) is 4.06. The SMILES string of the molecule is CC(CC(=O)NCC1(CCO)CCCC1)C1CCCNC1. The van der Waals surface area contributed by atoms with Crippen LogP contribution < -0.4 is 10.6 Å². The first kappa shape index (κ1) is 16.8. The quantitative estimate of drug-likeness (QED) is 0.674. The molecule has 0 aromatic heterocycles. The van der Waals surface area contributed by atoms with Crippen molar-refractivity contribution >= 4 is 5.91 Å². The first-order valence-electron chi connectivity index (χ1n) is 8.73. The van der Waals surface area contributed by atoms with E-state index in [2.05, 4.69) is 17.6 Å². The molecule has 0 bridgehead atoms. The normalized spacial score (nSPS) is 26.5. The fraction of sp³-hybridized carbons (Fsp3) is 0.941. The number of carbonyl (C=O) groups is 1. The Labute approximate surface area is 129 Å². The van der Waals surface area contributed by atoms with Crippen molar-refractivity contribution in [3.63, 3.8) is 0 Å². The lowest BCUT2D eigenvalue weighted by atomic mass is 9.82. The van der Waals surface area contributed by atoms with Gasteiger partial charge in [-0.05, 0) is 62.4 Å². The van der Waals surface area contributed by atoms with E-state index in [0.717, 1.165) is 38.9 Å². The zero-order valence-corrected chi connectivity index (χ0v) is 13.5. The fourth-order valence-corrected chi connectivity index (χ4v) is 4.06. The summed E-state index contributed by atoms with van der Waals surface area (Å²) >= 11 is 0. The molecule has 0 radical (unpaired) electrons. The van der Waals surface area contributed by atoms with E-state index >= 15 is 0 Å². The molecule has 0 aromatic rings. The van der Waals surface area contributed by atoms with Crippen molar-refractivity contribution in [2.24, 2.45) is 17.3 Å². The molecular weight excluding hydrogens is 264 g/mol. The average molecular weight is 296 g/mol. The standard InChI is InChI=1S/C17H32N2O2/c1-14(15-5-4-9-18-12-15)11-16(21)19-13-17(8-10-20)6-2-3-7-17/h14-15,18,20H,2-13H2,1H3,(H,19,21). The zero-order chi connectivity index (χ0) is 15.1. The Balaban J connectivity index is 1.73. The van der Waals surface area contributed by atoms with E-state index in [1.807, 2.05) is 0 Å². The Morgan fingerprint density at radius 1 is 1.38 bits per heavy atom. The lowest BCUT2D eigenvalue weighted by Gasteiger charge is -2.30. The number of rotatable bonds is 7. The van der Waals surface area contributed by atoms with Crippen LogP contribution in [-0.2, 0) is 4.79 Å². The third-order valence-electron chi connectivity index (χ3n) is 5.61. The van der Waals surface area contributed by atoms with Gasteiger partial charge in [-0.1, -0.05) is 19.8 Å². The third kappa shape index (κ3) is 4.96. The van der Waals surface area contributed by atoms with Gasteiger partial charge >= 0.3 is 0 Å². The second-order valence-electron chi connectivity index (χ2n) is 7.25. The second-order valence-corrected chi connectivity index (χ2v) is 7.25. The molecule has 2 rings (SSSR count). The second kappa shape index (κ2) is 8.14. The summed E-state index contributed by atoms with van der Waals surface area (Å²) in [7, 11) is 0. The number of nitrogens with one attached hydrogen (secondary N) is 2. The lowest BCUT2D eigenvalue weighted by molar-refractivity contribution is -0.122. The number of amides is 1. The predicted octanol–water partition coefficient (Wildman–Crippen LogP) is 2.07. The highest BCUT2D eigenvalue weighted by molar-refractivity contribution is 5.76. The maximum atomic E-state index is 12.2. The van der Waals surface area contributed by atoms with Gasteiger partial charge in [0.05, 0.1) is 0 Å². The van der Waals surface area contributed by atoms with Crippen LogP contribution in [-0.4, -0.2) is 37.3 Å². The molecule has 1 heterocycles. The van der Waals surface area contributed by atoms with Crippen molar-refractivity contribution in [2.45, 2.75) is 58.3 Å². The van der Waals surface area contributed by atoms with E-state index in [1.165, 1.54) is 25.7 Å². The van der Waals surface area contributed by atoms with Gasteiger partial charge < -0.3 is 15.7 Å². The van der Waals surface area contributed by atoms with Crippen LogP contribution in [0.2, 0.25) is 0 Å². The largest absolute Gasteiger partial charge is 0.396 e. The Kier molecular flexibility index (Phi) is 6.49. The molecule has 122 valence electrons. The first-order chi connectivity index (χ1) is 10.2. The summed E-state index contributed by atoms with van der Waals surface area (Å²) in [5, 5.41) is 15.8. The smallest absolute Gasteiger partial charge is 0.220 e. The summed E-state index contributed by atoms with van der Waals surface area (Å²) in [6, 6.07) is 0. The topological polar surface area (TPSA) is 61.4 Å². The number of aliphatic hydroxyl groups is 1. The van der Waals surface area contributed by atoms with Crippen LogP contribution in [0, 0.1) is 17.3 Å². The van der Waals surface area contributed by atoms with Crippen LogP contribution in [0.4, 0.5) is 0 Å². The Hall–Kier alpha value is -0.610. The summed E-state index contributed by atoms with van der Waals surface area (Å²) in [4.78, 5) is 12.2.